The highest BCUT2D eigenvalue weighted by atomic mass is 15.0. The predicted octanol–water partition coefficient (Wildman–Crippen LogP) is 0.00580. The molecule has 0 bridgehead atoms. The number of nitrogens with zero attached hydrogens (tertiary/aromatic N) is 2. The highest BCUT2D eigenvalue weighted by Crippen LogP contribution is 2.08. The van der Waals surface area contributed by atoms with Gasteiger partial charge in [0, 0.05) is 11.6 Å². The highest BCUT2D eigenvalue weighted by Gasteiger charge is 1.95. The van der Waals surface area contributed by atoms with E-state index >= 15 is 0 Å². The van der Waals surface area contributed by atoms with Gasteiger partial charge in [0.25, 0.3) is 0 Å². The van der Waals surface area contributed by atoms with Crippen molar-refractivity contribution in [3.63, 3.8) is 0 Å². The summed E-state index contributed by atoms with van der Waals surface area (Å²) in [4.78, 5) is 7.89. The third-order valence-corrected chi connectivity index (χ3v) is 1.62. The van der Waals surface area contributed by atoms with Crippen LogP contribution in [-0.4, -0.2) is 17.8 Å². The minimum Gasteiger partial charge on any atom is -0.368 e. The average Bonchev–Trinajstić information content (AvgIpc) is 2.05. The molecule has 0 aliphatic rings. The Morgan fingerprint density at radius 3 is 3.00 bits per heavy atom. The quantitative estimate of drug-likeness (QED) is 0.545. The summed E-state index contributed by atoms with van der Waals surface area (Å²) in [6, 6.07) is 5.42. The molecule has 2 radical (unpaired) electrons. The lowest BCUT2D eigenvalue weighted by Crippen LogP contribution is -2.01. The first-order valence-corrected chi connectivity index (χ1v) is 3.53. The first-order valence-electron chi connectivity index (χ1n) is 3.53. The van der Waals surface area contributed by atoms with E-state index in [0.29, 0.717) is 5.46 Å². The maximum absolute atomic E-state index is 5.58. The van der Waals surface area contributed by atoms with Crippen molar-refractivity contribution in [1.82, 2.24) is 9.97 Å². The Kier molecular flexibility index (Phi) is 1.47. The second-order valence-corrected chi connectivity index (χ2v) is 2.55. The molecule has 0 aliphatic heterocycles. The van der Waals surface area contributed by atoms with E-state index in [1.54, 1.807) is 12.3 Å². The van der Waals surface area contributed by atoms with E-state index in [1.807, 2.05) is 12.1 Å². The number of aromatic nitrogens is 2. The Morgan fingerprint density at radius 2 is 2.17 bits per heavy atom. The van der Waals surface area contributed by atoms with Gasteiger partial charge in [-0.05, 0) is 6.07 Å². The molecule has 1 aromatic heterocycles. The van der Waals surface area contributed by atoms with Crippen molar-refractivity contribution in [3.05, 3.63) is 24.4 Å². The summed E-state index contributed by atoms with van der Waals surface area (Å²) in [6.45, 7) is 0. The number of nitrogen functional groups attached to an aromatic ring is 1. The zero-order chi connectivity index (χ0) is 8.55. The van der Waals surface area contributed by atoms with Crippen LogP contribution < -0.4 is 11.2 Å². The van der Waals surface area contributed by atoms with E-state index in [-0.39, 0.29) is 5.95 Å². The lowest BCUT2D eigenvalue weighted by atomic mass is 9.95. The van der Waals surface area contributed by atoms with Gasteiger partial charge in [-0.3, -0.25) is 0 Å². The second kappa shape index (κ2) is 2.48. The molecule has 4 heteroatoms. The molecule has 3 nitrogen and oxygen atoms in total. The van der Waals surface area contributed by atoms with Crippen molar-refractivity contribution >= 4 is 30.2 Å². The molecule has 0 saturated carbocycles. The minimum atomic E-state index is 0.285. The lowest BCUT2D eigenvalue weighted by molar-refractivity contribution is 1.24. The summed E-state index contributed by atoms with van der Waals surface area (Å²) in [6.07, 6.45) is 1.66. The third kappa shape index (κ3) is 1.11. The largest absolute Gasteiger partial charge is 0.368 e. The zero-order valence-electron chi connectivity index (χ0n) is 6.36. The number of fused-ring (bicyclic) bond motifs is 1. The summed E-state index contributed by atoms with van der Waals surface area (Å²) in [7, 11) is 5.58. The highest BCUT2D eigenvalue weighted by molar-refractivity contribution is 6.33. The van der Waals surface area contributed by atoms with Crippen molar-refractivity contribution in [3.8, 4) is 0 Å². The normalized spacial score (nSPS) is 10.3. The monoisotopic (exact) mass is 155 g/mol. The molecule has 0 saturated heterocycles. The summed E-state index contributed by atoms with van der Waals surface area (Å²) in [5.41, 5.74) is 6.93. The average molecular weight is 155 g/mol. The van der Waals surface area contributed by atoms with Crippen molar-refractivity contribution in [2.45, 2.75) is 0 Å². The van der Waals surface area contributed by atoms with Crippen molar-refractivity contribution in [1.29, 1.82) is 0 Å². The van der Waals surface area contributed by atoms with Gasteiger partial charge in [0.1, 0.15) is 7.85 Å². The summed E-state index contributed by atoms with van der Waals surface area (Å²) < 4.78 is 0. The van der Waals surface area contributed by atoms with E-state index in [2.05, 4.69) is 9.97 Å². The molecule has 56 valence electrons. The number of benzene rings is 1. The van der Waals surface area contributed by atoms with Crippen LogP contribution in [0, 0.1) is 0 Å². The molecule has 1 heterocycles. The fourth-order valence-corrected chi connectivity index (χ4v) is 1.07. The van der Waals surface area contributed by atoms with E-state index in [9.17, 15) is 0 Å². The Balaban J connectivity index is 2.79. The van der Waals surface area contributed by atoms with Gasteiger partial charge in [-0.1, -0.05) is 17.6 Å². The van der Waals surface area contributed by atoms with Gasteiger partial charge in [0.05, 0.1) is 5.52 Å². The first kappa shape index (κ1) is 7.09. The molecule has 0 amide bonds. The van der Waals surface area contributed by atoms with Gasteiger partial charge in [-0.25, -0.2) is 9.97 Å². The molecule has 2 rings (SSSR count). The maximum atomic E-state index is 5.58. The molecular weight excluding hydrogens is 149 g/mol. The predicted molar refractivity (Wildman–Crippen MR) is 49.3 cm³/mol. The third-order valence-electron chi connectivity index (χ3n) is 1.62. The van der Waals surface area contributed by atoms with Crippen LogP contribution in [0.25, 0.3) is 10.9 Å². The Morgan fingerprint density at radius 1 is 1.33 bits per heavy atom. The van der Waals surface area contributed by atoms with Crippen LogP contribution in [-0.2, 0) is 0 Å². The molecule has 0 unspecified atom stereocenters. The van der Waals surface area contributed by atoms with Gasteiger partial charge < -0.3 is 5.73 Å². The maximum Gasteiger partial charge on any atom is 0.220 e. The van der Waals surface area contributed by atoms with E-state index in [0.717, 1.165) is 10.9 Å². The first-order chi connectivity index (χ1) is 5.75. The molecule has 0 fully saturated rings. The molecular formula is C8H6BN3. The fraction of sp³-hybridized carbons (Fsp3) is 0. The van der Waals surface area contributed by atoms with Crippen molar-refractivity contribution in [2.75, 3.05) is 5.73 Å². The molecule has 0 spiro atoms. The van der Waals surface area contributed by atoms with Gasteiger partial charge in [0.15, 0.2) is 0 Å². The fourth-order valence-electron chi connectivity index (χ4n) is 1.07. The minimum absolute atomic E-state index is 0.285. The topological polar surface area (TPSA) is 51.8 Å². The molecule has 0 aliphatic carbocycles. The van der Waals surface area contributed by atoms with Crippen molar-refractivity contribution in [2.24, 2.45) is 0 Å². The van der Waals surface area contributed by atoms with Gasteiger partial charge in [-0.15, -0.1) is 0 Å². The number of hydrogen-bond donors (Lipinski definition) is 1. The Labute approximate surface area is 71.0 Å². The van der Waals surface area contributed by atoms with Crippen LogP contribution in [0.1, 0.15) is 0 Å². The molecule has 12 heavy (non-hydrogen) atoms. The van der Waals surface area contributed by atoms with Crippen LogP contribution in [0.15, 0.2) is 24.4 Å². The number of nitrogens with two attached hydrogens (primary N) is 1. The van der Waals surface area contributed by atoms with Crippen LogP contribution in [0.5, 0.6) is 0 Å². The summed E-state index contributed by atoms with van der Waals surface area (Å²) in [5.74, 6) is 0.285. The van der Waals surface area contributed by atoms with Crippen LogP contribution in [0.3, 0.4) is 0 Å². The van der Waals surface area contributed by atoms with Crippen LogP contribution in [0.4, 0.5) is 5.95 Å². The number of anilines is 1. The Bertz CT molecular complexity index is 386. The smallest absolute Gasteiger partial charge is 0.220 e. The van der Waals surface area contributed by atoms with Gasteiger partial charge >= 0.3 is 0 Å². The van der Waals surface area contributed by atoms with Crippen LogP contribution in [0.2, 0.25) is 0 Å². The van der Waals surface area contributed by atoms with Crippen molar-refractivity contribution < 1.29 is 0 Å². The zero-order valence-corrected chi connectivity index (χ0v) is 6.36. The van der Waals surface area contributed by atoms with Crippen LogP contribution >= 0.6 is 0 Å². The SMILES string of the molecule is [B]c1ccc2nc(N)ncc2c1. The standard InChI is InChI=1S/C8H6BN3/c9-6-1-2-7-5(3-6)4-11-8(10)12-7/h1-4H,(H2,10,11,12). The Hall–Kier alpha value is -1.58. The molecule has 0 atom stereocenters. The molecule has 1 aromatic carbocycles. The van der Waals surface area contributed by atoms with E-state index < -0.39 is 0 Å². The number of hydrogen-bond acceptors (Lipinski definition) is 3. The van der Waals surface area contributed by atoms with Gasteiger partial charge in [0.2, 0.25) is 5.95 Å². The van der Waals surface area contributed by atoms with Gasteiger partial charge in [-0.2, -0.15) is 0 Å². The molecule has 2 aromatic rings. The van der Waals surface area contributed by atoms with E-state index in [4.69, 9.17) is 13.6 Å². The second-order valence-electron chi connectivity index (χ2n) is 2.55. The number of rotatable bonds is 0. The summed E-state index contributed by atoms with van der Waals surface area (Å²) >= 11 is 0. The summed E-state index contributed by atoms with van der Waals surface area (Å²) in [5, 5.41) is 0.907. The molecule has 2 N–H and O–H groups in total. The lowest BCUT2D eigenvalue weighted by Gasteiger charge is -1.98. The van der Waals surface area contributed by atoms with E-state index in [1.165, 1.54) is 0 Å².